The van der Waals surface area contributed by atoms with E-state index >= 15 is 0 Å². The van der Waals surface area contributed by atoms with Crippen LogP contribution in [0.15, 0.2) is 0 Å². The highest BCUT2D eigenvalue weighted by Crippen LogP contribution is 2.25. The fraction of sp³-hybridized carbons (Fsp3) is 0.750. The molecule has 3 amide bonds. The number of hydrogen-bond acceptors (Lipinski definition) is 4. The molecule has 18 heavy (non-hydrogen) atoms. The summed E-state index contributed by atoms with van der Waals surface area (Å²) < 4.78 is 4.63. The Morgan fingerprint density at radius 1 is 1.33 bits per heavy atom. The van der Waals surface area contributed by atoms with Gasteiger partial charge in [0.2, 0.25) is 5.91 Å². The van der Waals surface area contributed by atoms with Crippen LogP contribution in [0, 0.1) is 11.3 Å². The number of ether oxygens (including phenoxy) is 1. The van der Waals surface area contributed by atoms with Gasteiger partial charge in [0.1, 0.15) is 0 Å². The molecule has 0 atom stereocenters. The van der Waals surface area contributed by atoms with Crippen molar-refractivity contribution in [1.29, 1.82) is 0 Å². The molecule has 2 saturated heterocycles. The van der Waals surface area contributed by atoms with Crippen LogP contribution in [0.5, 0.6) is 0 Å². The van der Waals surface area contributed by atoms with E-state index in [0.29, 0.717) is 19.6 Å². The number of carbonyl (C=O) groups is 3. The fourth-order valence-corrected chi connectivity index (χ4v) is 2.14. The third-order valence-electron chi connectivity index (χ3n) is 3.17. The van der Waals surface area contributed by atoms with Gasteiger partial charge in [-0.2, -0.15) is 0 Å². The van der Waals surface area contributed by atoms with Crippen LogP contribution in [-0.2, 0) is 14.3 Å². The van der Waals surface area contributed by atoms with E-state index in [1.54, 1.807) is 4.90 Å². The SMILES string of the molecule is CC(C)(C)C(=O)N1CC(CN2C(=O)COC2=O)C1. The van der Waals surface area contributed by atoms with Crippen molar-refractivity contribution in [3.05, 3.63) is 0 Å². The highest BCUT2D eigenvalue weighted by atomic mass is 16.6. The van der Waals surface area contributed by atoms with Crippen molar-refractivity contribution in [2.45, 2.75) is 20.8 Å². The van der Waals surface area contributed by atoms with E-state index in [1.807, 2.05) is 20.8 Å². The van der Waals surface area contributed by atoms with Gasteiger partial charge in [-0.25, -0.2) is 9.69 Å². The second kappa shape index (κ2) is 4.26. The van der Waals surface area contributed by atoms with Crippen LogP contribution in [0.3, 0.4) is 0 Å². The highest BCUT2D eigenvalue weighted by molar-refractivity contribution is 5.97. The molecule has 2 rings (SSSR count). The number of rotatable bonds is 2. The van der Waals surface area contributed by atoms with E-state index in [0.717, 1.165) is 4.90 Å². The fourth-order valence-electron chi connectivity index (χ4n) is 2.14. The Bertz CT molecular complexity index is 377. The number of cyclic esters (lactones) is 1. The molecule has 0 N–H and O–H groups in total. The Labute approximate surface area is 106 Å². The number of amides is 3. The second-order valence-corrected chi connectivity index (χ2v) is 5.89. The Kier molecular flexibility index (Phi) is 3.04. The maximum absolute atomic E-state index is 11.9. The number of likely N-dealkylation sites (tertiary alicyclic amines) is 1. The maximum atomic E-state index is 11.9. The Morgan fingerprint density at radius 3 is 2.39 bits per heavy atom. The van der Waals surface area contributed by atoms with Crippen LogP contribution >= 0.6 is 0 Å². The number of hydrogen-bond donors (Lipinski definition) is 0. The first kappa shape index (κ1) is 12.9. The summed E-state index contributed by atoms with van der Waals surface area (Å²) in [6, 6.07) is 0. The Balaban J connectivity index is 1.82. The van der Waals surface area contributed by atoms with Crippen LogP contribution in [0.1, 0.15) is 20.8 Å². The molecule has 6 nitrogen and oxygen atoms in total. The molecule has 0 unspecified atom stereocenters. The van der Waals surface area contributed by atoms with Gasteiger partial charge in [-0.1, -0.05) is 20.8 Å². The molecule has 0 bridgehead atoms. The minimum absolute atomic E-state index is 0.106. The number of imide groups is 1. The third kappa shape index (κ3) is 2.32. The predicted octanol–water partition coefficient (Wildman–Crippen LogP) is 0.470. The highest BCUT2D eigenvalue weighted by Gasteiger charge is 2.40. The lowest BCUT2D eigenvalue weighted by atomic mass is 9.90. The lowest BCUT2D eigenvalue weighted by Gasteiger charge is -2.43. The predicted molar refractivity (Wildman–Crippen MR) is 62.6 cm³/mol. The van der Waals surface area contributed by atoms with E-state index < -0.39 is 6.09 Å². The quantitative estimate of drug-likeness (QED) is 0.718. The van der Waals surface area contributed by atoms with Crippen molar-refractivity contribution in [2.75, 3.05) is 26.2 Å². The summed E-state index contributed by atoms with van der Waals surface area (Å²) in [5, 5.41) is 0. The molecular formula is C12H18N2O4. The van der Waals surface area contributed by atoms with Gasteiger partial charge in [-0.15, -0.1) is 0 Å². The first-order valence-corrected chi connectivity index (χ1v) is 6.05. The van der Waals surface area contributed by atoms with E-state index in [2.05, 4.69) is 4.74 Å². The Hall–Kier alpha value is -1.59. The van der Waals surface area contributed by atoms with E-state index in [4.69, 9.17) is 0 Å². The summed E-state index contributed by atoms with van der Waals surface area (Å²) in [4.78, 5) is 37.4. The first-order valence-electron chi connectivity index (χ1n) is 6.05. The molecule has 0 aliphatic carbocycles. The number of carbonyl (C=O) groups excluding carboxylic acids is 3. The lowest BCUT2D eigenvalue weighted by Crippen LogP contribution is -2.56. The molecule has 0 aromatic carbocycles. The zero-order valence-corrected chi connectivity index (χ0v) is 10.9. The lowest BCUT2D eigenvalue weighted by molar-refractivity contribution is -0.146. The minimum Gasteiger partial charge on any atom is -0.439 e. The molecule has 0 spiro atoms. The summed E-state index contributed by atoms with van der Waals surface area (Å²) in [5.41, 5.74) is -0.382. The average Bonchev–Trinajstić information content (AvgIpc) is 2.51. The molecule has 0 aromatic rings. The van der Waals surface area contributed by atoms with Crippen molar-refractivity contribution in [1.82, 2.24) is 9.80 Å². The van der Waals surface area contributed by atoms with Gasteiger partial charge in [0.25, 0.3) is 5.91 Å². The first-order chi connectivity index (χ1) is 8.29. The van der Waals surface area contributed by atoms with Crippen LogP contribution < -0.4 is 0 Å². The Morgan fingerprint density at radius 2 is 1.94 bits per heavy atom. The van der Waals surface area contributed by atoms with Gasteiger partial charge in [-0.3, -0.25) is 9.59 Å². The minimum atomic E-state index is -0.569. The van der Waals surface area contributed by atoms with Gasteiger partial charge in [0, 0.05) is 31.0 Å². The van der Waals surface area contributed by atoms with Crippen molar-refractivity contribution in [3.63, 3.8) is 0 Å². The summed E-state index contributed by atoms with van der Waals surface area (Å²) >= 11 is 0. The molecule has 2 aliphatic heterocycles. The average molecular weight is 254 g/mol. The van der Waals surface area contributed by atoms with Gasteiger partial charge in [0.05, 0.1) is 0 Å². The zero-order chi connectivity index (χ0) is 13.5. The van der Waals surface area contributed by atoms with Crippen LogP contribution in [-0.4, -0.2) is 53.9 Å². The number of nitrogens with zero attached hydrogens (tertiary/aromatic N) is 2. The van der Waals surface area contributed by atoms with Crippen molar-refractivity contribution >= 4 is 17.9 Å². The molecule has 2 fully saturated rings. The molecule has 100 valence electrons. The van der Waals surface area contributed by atoms with Crippen LogP contribution in [0.25, 0.3) is 0 Å². The molecule has 2 heterocycles. The van der Waals surface area contributed by atoms with Crippen molar-refractivity contribution < 1.29 is 19.1 Å². The largest absolute Gasteiger partial charge is 0.439 e. The molecule has 0 saturated carbocycles. The van der Waals surface area contributed by atoms with Crippen molar-refractivity contribution in [3.8, 4) is 0 Å². The summed E-state index contributed by atoms with van der Waals surface area (Å²) in [6.07, 6.45) is -0.569. The molecule has 0 radical (unpaired) electrons. The molecular weight excluding hydrogens is 236 g/mol. The van der Waals surface area contributed by atoms with Gasteiger partial charge < -0.3 is 9.64 Å². The smallest absolute Gasteiger partial charge is 0.417 e. The normalized spacial score (nSPS) is 21.1. The topological polar surface area (TPSA) is 66.9 Å². The summed E-state index contributed by atoms with van der Waals surface area (Å²) in [7, 11) is 0. The van der Waals surface area contributed by atoms with E-state index in [1.165, 1.54) is 0 Å². The molecule has 2 aliphatic rings. The summed E-state index contributed by atoms with van der Waals surface area (Å²) in [6.45, 7) is 7.04. The van der Waals surface area contributed by atoms with Gasteiger partial charge in [-0.05, 0) is 0 Å². The van der Waals surface area contributed by atoms with Gasteiger partial charge in [0.15, 0.2) is 6.61 Å². The molecule has 0 aromatic heterocycles. The second-order valence-electron chi connectivity index (χ2n) is 5.89. The summed E-state index contributed by atoms with van der Waals surface area (Å²) in [5.74, 6) is -0.0134. The van der Waals surface area contributed by atoms with Crippen molar-refractivity contribution in [2.24, 2.45) is 11.3 Å². The molecule has 6 heteroatoms. The standard InChI is InChI=1S/C12H18N2O4/c1-12(2,3)10(16)13-4-8(5-13)6-14-9(15)7-18-11(14)17/h8H,4-7H2,1-3H3. The zero-order valence-electron chi connectivity index (χ0n) is 10.9. The van der Waals surface area contributed by atoms with E-state index in [-0.39, 0.29) is 29.8 Å². The third-order valence-corrected chi connectivity index (χ3v) is 3.17. The van der Waals surface area contributed by atoms with E-state index in [9.17, 15) is 14.4 Å². The van der Waals surface area contributed by atoms with Crippen LogP contribution in [0.2, 0.25) is 0 Å². The maximum Gasteiger partial charge on any atom is 0.417 e. The van der Waals surface area contributed by atoms with Crippen LogP contribution in [0.4, 0.5) is 4.79 Å². The van der Waals surface area contributed by atoms with Gasteiger partial charge >= 0.3 is 6.09 Å². The monoisotopic (exact) mass is 254 g/mol.